The highest BCUT2D eigenvalue weighted by Crippen LogP contribution is 2.31. The minimum atomic E-state index is -4.44. The molecule has 0 spiro atoms. The Morgan fingerprint density at radius 2 is 1.88 bits per heavy atom. The van der Waals surface area contributed by atoms with Gasteiger partial charge < -0.3 is 19.4 Å². The number of likely N-dealkylation sites (N-methyl/N-ethyl adjacent to an activating group) is 1. The van der Waals surface area contributed by atoms with E-state index in [1.807, 2.05) is 0 Å². The normalized spacial score (nSPS) is 14.6. The van der Waals surface area contributed by atoms with E-state index in [-0.39, 0.29) is 13.0 Å². The largest absolute Gasteiger partial charge is 0.550 e. The molecule has 0 aliphatic carbocycles. The van der Waals surface area contributed by atoms with E-state index in [0.29, 0.717) is 12.2 Å². The van der Waals surface area contributed by atoms with Gasteiger partial charge >= 0.3 is 6.18 Å². The number of halogens is 3. The minimum Gasteiger partial charge on any atom is -0.550 e. The van der Waals surface area contributed by atoms with Crippen molar-refractivity contribution < 1.29 is 32.5 Å². The van der Waals surface area contributed by atoms with E-state index in [1.54, 1.807) is 18.9 Å². The van der Waals surface area contributed by atoms with E-state index in [4.69, 9.17) is 9.47 Å². The third-order valence-corrected chi connectivity index (χ3v) is 3.57. The second-order valence-corrected chi connectivity index (χ2v) is 5.27. The molecule has 1 aromatic carbocycles. The predicted molar refractivity (Wildman–Crippen MR) is 78.9 cm³/mol. The van der Waals surface area contributed by atoms with Gasteiger partial charge in [0, 0.05) is 38.7 Å². The number of benzene rings is 1. The summed E-state index contributed by atoms with van der Waals surface area (Å²) in [4.78, 5) is 12.7. The van der Waals surface area contributed by atoms with Crippen molar-refractivity contribution in [2.24, 2.45) is 0 Å². The van der Waals surface area contributed by atoms with Gasteiger partial charge in [-0.1, -0.05) is 12.1 Å². The zero-order valence-electron chi connectivity index (χ0n) is 13.8. The maximum atomic E-state index is 12.6. The molecule has 0 bridgehead atoms. The third-order valence-electron chi connectivity index (χ3n) is 3.57. The van der Waals surface area contributed by atoms with Crippen LogP contribution in [-0.2, 0) is 20.4 Å². The summed E-state index contributed by atoms with van der Waals surface area (Å²) in [6.45, 7) is 2.46. The summed E-state index contributed by atoms with van der Waals surface area (Å²) in [5.41, 5.74) is -0.341. The van der Waals surface area contributed by atoms with Crippen LogP contribution in [-0.4, -0.2) is 44.5 Å². The zero-order valence-corrected chi connectivity index (χ0v) is 13.8. The second-order valence-electron chi connectivity index (χ2n) is 5.27. The second kappa shape index (κ2) is 9.00. The van der Waals surface area contributed by atoms with Crippen LogP contribution in [0.2, 0.25) is 0 Å². The molecule has 0 fully saturated rings. The topological polar surface area (TPSA) is 61.8 Å². The van der Waals surface area contributed by atoms with E-state index < -0.39 is 30.0 Å². The lowest BCUT2D eigenvalue weighted by Gasteiger charge is -2.31. The molecule has 0 heterocycles. The number of carboxylic acid groups (broad SMARTS) is 1. The number of alkyl halides is 3. The van der Waals surface area contributed by atoms with Gasteiger partial charge in [-0.25, -0.2) is 0 Å². The van der Waals surface area contributed by atoms with Gasteiger partial charge in [-0.05, 0) is 31.7 Å². The number of rotatable bonds is 9. The molecule has 5 nitrogen and oxygen atoms in total. The predicted octanol–water partition coefficient (Wildman–Crippen LogP) is 1.83. The SMILES string of the molecule is CCOC(CN(C)C(CC(=O)[O-])c1ccc(C(F)(F)F)cc1)OC. The van der Waals surface area contributed by atoms with Crippen molar-refractivity contribution in [3.63, 3.8) is 0 Å². The number of hydrogen-bond acceptors (Lipinski definition) is 5. The Kier molecular flexibility index (Phi) is 7.65. The van der Waals surface area contributed by atoms with Gasteiger partial charge in [0.15, 0.2) is 6.29 Å². The van der Waals surface area contributed by atoms with E-state index >= 15 is 0 Å². The lowest BCUT2D eigenvalue weighted by molar-refractivity contribution is -0.307. The number of hydrogen-bond donors (Lipinski definition) is 0. The van der Waals surface area contributed by atoms with Gasteiger partial charge in [-0.3, -0.25) is 4.90 Å². The lowest BCUT2D eigenvalue weighted by Crippen LogP contribution is -2.38. The summed E-state index contributed by atoms with van der Waals surface area (Å²) < 4.78 is 48.4. The summed E-state index contributed by atoms with van der Waals surface area (Å²) in [7, 11) is 3.11. The zero-order chi connectivity index (χ0) is 18.3. The van der Waals surface area contributed by atoms with Gasteiger partial charge in [0.1, 0.15) is 0 Å². The molecule has 0 saturated carbocycles. The van der Waals surface area contributed by atoms with Crippen LogP contribution in [0.3, 0.4) is 0 Å². The minimum absolute atomic E-state index is 0.253. The molecule has 0 N–H and O–H groups in total. The molecule has 2 unspecified atom stereocenters. The molecule has 136 valence electrons. The Labute approximate surface area is 139 Å². The molecular weight excluding hydrogens is 327 g/mol. The molecule has 24 heavy (non-hydrogen) atoms. The van der Waals surface area contributed by atoms with Gasteiger partial charge in [0.25, 0.3) is 0 Å². The van der Waals surface area contributed by atoms with Crippen LogP contribution in [0.15, 0.2) is 24.3 Å². The summed E-state index contributed by atoms with van der Waals surface area (Å²) in [5, 5.41) is 11.0. The fourth-order valence-corrected chi connectivity index (χ4v) is 2.32. The van der Waals surface area contributed by atoms with Gasteiger partial charge in [-0.2, -0.15) is 13.2 Å². The van der Waals surface area contributed by atoms with Crippen LogP contribution in [0.25, 0.3) is 0 Å². The average Bonchev–Trinajstić information content (AvgIpc) is 2.51. The highest BCUT2D eigenvalue weighted by atomic mass is 19.4. The van der Waals surface area contributed by atoms with Crippen LogP contribution >= 0.6 is 0 Å². The number of aliphatic carboxylic acids is 1. The smallest absolute Gasteiger partial charge is 0.416 e. The standard InChI is InChI=1S/C16H22F3NO4/c1-4-24-15(23-3)10-20(2)13(9-14(21)22)11-5-7-12(8-6-11)16(17,18)19/h5-8,13,15H,4,9-10H2,1-3H3,(H,21,22)/p-1. The van der Waals surface area contributed by atoms with Crippen molar-refractivity contribution in [1.29, 1.82) is 0 Å². The Morgan fingerprint density at radius 1 is 1.29 bits per heavy atom. The number of ether oxygens (including phenoxy) is 2. The first-order chi connectivity index (χ1) is 11.2. The first kappa shape index (κ1) is 20.4. The monoisotopic (exact) mass is 348 g/mol. The number of carboxylic acids is 1. The van der Waals surface area contributed by atoms with Crippen LogP contribution in [0.4, 0.5) is 13.2 Å². The van der Waals surface area contributed by atoms with E-state index in [0.717, 1.165) is 12.1 Å². The van der Waals surface area contributed by atoms with Gasteiger partial charge in [0.05, 0.1) is 5.56 Å². The molecular formula is C16H21F3NO4-. The van der Waals surface area contributed by atoms with Crippen LogP contribution in [0, 0.1) is 0 Å². The Hall–Kier alpha value is -1.64. The van der Waals surface area contributed by atoms with Crippen molar-refractivity contribution >= 4 is 5.97 Å². The molecule has 0 aliphatic rings. The quantitative estimate of drug-likeness (QED) is 0.637. The van der Waals surface area contributed by atoms with E-state index in [2.05, 4.69) is 0 Å². The maximum absolute atomic E-state index is 12.6. The van der Waals surface area contributed by atoms with E-state index in [9.17, 15) is 23.1 Å². The van der Waals surface area contributed by atoms with Gasteiger partial charge in [-0.15, -0.1) is 0 Å². The summed E-state index contributed by atoms with van der Waals surface area (Å²) in [5.74, 6) is -1.29. The highest BCUT2D eigenvalue weighted by Gasteiger charge is 2.30. The molecule has 0 radical (unpaired) electrons. The van der Waals surface area contributed by atoms with Crippen molar-refractivity contribution in [2.75, 3.05) is 27.3 Å². The third kappa shape index (κ3) is 6.10. The number of nitrogens with zero attached hydrogens (tertiary/aromatic N) is 1. The first-order valence-electron chi connectivity index (χ1n) is 7.40. The number of carbonyl (C=O) groups is 1. The summed E-state index contributed by atoms with van der Waals surface area (Å²) >= 11 is 0. The molecule has 2 atom stereocenters. The number of carbonyl (C=O) groups excluding carboxylic acids is 1. The Balaban J connectivity index is 2.97. The first-order valence-corrected chi connectivity index (χ1v) is 7.40. The fourth-order valence-electron chi connectivity index (χ4n) is 2.32. The fraction of sp³-hybridized carbons (Fsp3) is 0.562. The van der Waals surface area contributed by atoms with Crippen molar-refractivity contribution in [3.8, 4) is 0 Å². The van der Waals surface area contributed by atoms with E-state index in [1.165, 1.54) is 19.2 Å². The highest BCUT2D eigenvalue weighted by molar-refractivity contribution is 5.65. The molecule has 0 amide bonds. The molecule has 8 heteroatoms. The lowest BCUT2D eigenvalue weighted by atomic mass is 10.0. The molecule has 1 aromatic rings. The Morgan fingerprint density at radius 3 is 2.29 bits per heavy atom. The van der Waals surface area contributed by atoms with Gasteiger partial charge in [0.2, 0.25) is 0 Å². The summed E-state index contributed by atoms with van der Waals surface area (Å²) in [6, 6.07) is 3.75. The molecule has 0 aromatic heterocycles. The van der Waals surface area contributed by atoms with Crippen molar-refractivity contribution in [2.45, 2.75) is 31.9 Å². The average molecular weight is 348 g/mol. The Bertz CT molecular complexity index is 519. The number of methoxy groups -OCH3 is 1. The molecule has 0 saturated heterocycles. The summed E-state index contributed by atoms with van der Waals surface area (Å²) in [6.07, 6.45) is -5.37. The van der Waals surface area contributed by atoms with Crippen LogP contribution < -0.4 is 5.11 Å². The van der Waals surface area contributed by atoms with Crippen molar-refractivity contribution in [3.05, 3.63) is 35.4 Å². The van der Waals surface area contributed by atoms with Crippen LogP contribution in [0.1, 0.15) is 30.5 Å². The van der Waals surface area contributed by atoms with Crippen molar-refractivity contribution in [1.82, 2.24) is 4.90 Å². The van der Waals surface area contributed by atoms with Crippen LogP contribution in [0.5, 0.6) is 0 Å². The molecule has 0 aliphatic heterocycles. The molecule has 1 rings (SSSR count). The maximum Gasteiger partial charge on any atom is 0.416 e.